The summed E-state index contributed by atoms with van der Waals surface area (Å²) in [6, 6.07) is 16.7. The quantitative estimate of drug-likeness (QED) is 0.565. The predicted molar refractivity (Wildman–Crippen MR) is 122 cm³/mol. The van der Waals surface area contributed by atoms with Crippen LogP contribution in [0.3, 0.4) is 0 Å². The molecule has 0 saturated carbocycles. The van der Waals surface area contributed by atoms with E-state index in [-0.39, 0.29) is 6.04 Å². The number of fused-ring (bicyclic) bond motifs is 1. The lowest BCUT2D eigenvalue weighted by atomic mass is 9.87. The molecular weight excluding hydrogens is 388 g/mol. The van der Waals surface area contributed by atoms with Crippen LogP contribution in [0.2, 0.25) is 0 Å². The fourth-order valence-electron chi connectivity index (χ4n) is 4.79. The largest absolute Gasteiger partial charge is 0.497 e. The van der Waals surface area contributed by atoms with Gasteiger partial charge in [0.25, 0.3) is 0 Å². The molecule has 0 saturated heterocycles. The van der Waals surface area contributed by atoms with Crippen molar-refractivity contribution in [2.24, 2.45) is 0 Å². The van der Waals surface area contributed by atoms with Crippen LogP contribution in [-0.4, -0.2) is 22.8 Å². The maximum Gasteiger partial charge on any atom is 0.337 e. The third-order valence-corrected chi connectivity index (χ3v) is 6.52. The molecule has 4 rings (SSSR count). The molecule has 2 N–H and O–H groups in total. The van der Waals surface area contributed by atoms with Crippen molar-refractivity contribution in [2.45, 2.75) is 52.2 Å². The fraction of sp³-hybridized carbons (Fsp3) is 0.346. The van der Waals surface area contributed by atoms with Gasteiger partial charge in [0.05, 0.1) is 12.7 Å². The monoisotopic (exact) mass is 418 g/mol. The number of nitrogens with zero attached hydrogens (tertiary/aromatic N) is 1. The van der Waals surface area contributed by atoms with Gasteiger partial charge in [0.2, 0.25) is 0 Å². The summed E-state index contributed by atoms with van der Waals surface area (Å²) >= 11 is 0. The minimum atomic E-state index is -0.866. The molecule has 2 aromatic carbocycles. The molecule has 162 valence electrons. The Kier molecular flexibility index (Phi) is 6.14. The Hall–Kier alpha value is -3.05. The maximum absolute atomic E-state index is 12.1. The van der Waals surface area contributed by atoms with Crippen molar-refractivity contribution < 1.29 is 14.6 Å². The lowest BCUT2D eigenvalue weighted by Gasteiger charge is -2.26. The summed E-state index contributed by atoms with van der Waals surface area (Å²) in [5.41, 5.74) is 6.94. The van der Waals surface area contributed by atoms with E-state index in [2.05, 4.69) is 34.1 Å². The first-order chi connectivity index (χ1) is 15.0. The molecule has 0 unspecified atom stereocenters. The summed E-state index contributed by atoms with van der Waals surface area (Å²) in [6.07, 6.45) is 3.34. The summed E-state index contributed by atoms with van der Waals surface area (Å²) in [6.45, 7) is 5.10. The number of benzene rings is 2. The second-order valence-electron chi connectivity index (χ2n) is 8.29. The van der Waals surface area contributed by atoms with E-state index in [0.29, 0.717) is 18.7 Å². The molecule has 0 amide bonds. The number of nitrogens with one attached hydrogen (secondary N) is 1. The third-order valence-electron chi connectivity index (χ3n) is 6.52. The molecule has 5 heteroatoms. The van der Waals surface area contributed by atoms with Crippen LogP contribution in [0.5, 0.6) is 5.75 Å². The molecule has 5 nitrogen and oxygen atoms in total. The van der Waals surface area contributed by atoms with Gasteiger partial charge in [0, 0.05) is 36.1 Å². The number of hydrogen-bond donors (Lipinski definition) is 2. The topological polar surface area (TPSA) is 63.5 Å². The molecule has 31 heavy (non-hydrogen) atoms. The van der Waals surface area contributed by atoms with Crippen molar-refractivity contribution in [1.82, 2.24) is 9.88 Å². The Balaban J connectivity index is 1.60. The van der Waals surface area contributed by atoms with Crippen LogP contribution >= 0.6 is 0 Å². The highest BCUT2D eigenvalue weighted by molar-refractivity contribution is 5.91. The van der Waals surface area contributed by atoms with E-state index < -0.39 is 5.97 Å². The van der Waals surface area contributed by atoms with Crippen LogP contribution in [0.4, 0.5) is 0 Å². The van der Waals surface area contributed by atoms with Crippen LogP contribution in [0, 0.1) is 13.8 Å². The predicted octanol–water partition coefficient (Wildman–Crippen LogP) is 5.03. The summed E-state index contributed by atoms with van der Waals surface area (Å²) in [7, 11) is 1.65. The molecule has 1 aliphatic carbocycles. The number of methoxy groups -OCH3 is 1. The Morgan fingerprint density at radius 3 is 2.58 bits per heavy atom. The Bertz CT molecular complexity index is 1080. The highest BCUT2D eigenvalue weighted by Gasteiger charge is 2.25. The first-order valence-electron chi connectivity index (χ1n) is 10.9. The minimum absolute atomic E-state index is 0.260. The number of hydrogen-bond acceptors (Lipinski definition) is 3. The van der Waals surface area contributed by atoms with Crippen molar-refractivity contribution in [3.05, 3.63) is 87.7 Å². The number of carboxylic acids is 1. The summed E-state index contributed by atoms with van der Waals surface area (Å²) in [5, 5.41) is 13.6. The van der Waals surface area contributed by atoms with Crippen LogP contribution in [-0.2, 0) is 19.5 Å². The van der Waals surface area contributed by atoms with E-state index in [4.69, 9.17) is 4.74 Å². The number of ether oxygens (including phenoxy) is 1. The smallest absolute Gasteiger partial charge is 0.337 e. The number of carbonyl (C=O) groups is 1. The molecular formula is C26H30N2O3. The summed E-state index contributed by atoms with van der Waals surface area (Å²) < 4.78 is 7.35. The van der Waals surface area contributed by atoms with Crippen molar-refractivity contribution >= 4 is 5.97 Å². The van der Waals surface area contributed by atoms with E-state index in [1.165, 1.54) is 11.1 Å². The maximum atomic E-state index is 12.1. The van der Waals surface area contributed by atoms with E-state index >= 15 is 0 Å². The zero-order valence-corrected chi connectivity index (χ0v) is 18.4. The highest BCUT2D eigenvalue weighted by Crippen LogP contribution is 2.31. The van der Waals surface area contributed by atoms with Crippen molar-refractivity contribution in [3.63, 3.8) is 0 Å². The highest BCUT2D eigenvalue weighted by atomic mass is 16.5. The van der Waals surface area contributed by atoms with Gasteiger partial charge in [-0.25, -0.2) is 4.79 Å². The molecule has 0 fully saturated rings. The molecule has 3 aromatic rings. The van der Waals surface area contributed by atoms with Gasteiger partial charge in [-0.1, -0.05) is 36.4 Å². The summed E-state index contributed by atoms with van der Waals surface area (Å²) in [5.74, 6) is -0.0523. The number of aryl methyl sites for hydroxylation is 1. The van der Waals surface area contributed by atoms with Crippen molar-refractivity contribution in [2.75, 3.05) is 7.11 Å². The van der Waals surface area contributed by atoms with Crippen molar-refractivity contribution in [3.8, 4) is 5.75 Å². The first-order valence-corrected chi connectivity index (χ1v) is 10.9. The van der Waals surface area contributed by atoms with Gasteiger partial charge in [-0.3, -0.25) is 0 Å². The van der Waals surface area contributed by atoms with E-state index in [1.54, 1.807) is 7.11 Å². The van der Waals surface area contributed by atoms with Crippen molar-refractivity contribution in [1.29, 1.82) is 0 Å². The van der Waals surface area contributed by atoms with Crippen LogP contribution < -0.4 is 10.1 Å². The standard InChI is InChI=1S/C26H30N2O3/c1-17-23(15-27-24-10-6-8-20-7-4-5-9-22(20)24)25(26(29)30)18(2)28(17)16-19-11-13-21(31-3)14-12-19/h4-5,7,9,11-14,24,27H,6,8,10,15-16H2,1-3H3,(H,29,30)/t24-/m1/s1. The fourth-order valence-corrected chi connectivity index (χ4v) is 4.79. The number of aromatic nitrogens is 1. The zero-order chi connectivity index (χ0) is 22.0. The zero-order valence-electron chi connectivity index (χ0n) is 18.4. The molecule has 0 spiro atoms. The molecule has 1 heterocycles. The normalized spacial score (nSPS) is 15.5. The van der Waals surface area contributed by atoms with Gasteiger partial charge >= 0.3 is 5.97 Å². The average Bonchev–Trinajstić information content (AvgIpc) is 3.02. The molecule has 1 aliphatic rings. The lowest BCUT2D eigenvalue weighted by molar-refractivity contribution is 0.0694. The average molecular weight is 419 g/mol. The number of rotatable bonds is 7. The van der Waals surface area contributed by atoms with Gasteiger partial charge in [0.15, 0.2) is 0 Å². The van der Waals surface area contributed by atoms with Crippen LogP contribution in [0.25, 0.3) is 0 Å². The Morgan fingerprint density at radius 1 is 1.13 bits per heavy atom. The van der Waals surface area contributed by atoms with Gasteiger partial charge in [-0.2, -0.15) is 0 Å². The molecule has 0 bridgehead atoms. The van der Waals surface area contributed by atoms with E-state index in [9.17, 15) is 9.90 Å². The van der Waals surface area contributed by atoms with Gasteiger partial charge in [-0.15, -0.1) is 0 Å². The van der Waals surface area contributed by atoms with Crippen LogP contribution in [0.1, 0.15) is 62.9 Å². The second kappa shape index (κ2) is 8.98. The molecule has 0 radical (unpaired) electrons. The number of aromatic carboxylic acids is 1. The van der Waals surface area contributed by atoms with Gasteiger partial charge < -0.3 is 19.7 Å². The minimum Gasteiger partial charge on any atom is -0.497 e. The number of carboxylic acid groups (broad SMARTS) is 1. The first kappa shape index (κ1) is 21.2. The van der Waals surface area contributed by atoms with Gasteiger partial charge in [-0.05, 0) is 61.9 Å². The molecule has 1 atom stereocenters. The van der Waals surface area contributed by atoms with E-state index in [0.717, 1.165) is 47.5 Å². The summed E-state index contributed by atoms with van der Waals surface area (Å²) in [4.78, 5) is 12.1. The molecule has 0 aliphatic heterocycles. The Labute approximate surface area is 183 Å². The third kappa shape index (κ3) is 4.23. The second-order valence-corrected chi connectivity index (χ2v) is 8.29. The van der Waals surface area contributed by atoms with Crippen LogP contribution in [0.15, 0.2) is 48.5 Å². The SMILES string of the molecule is COc1ccc(Cn2c(C)c(CN[C@@H]3CCCc4ccccc43)c(C(=O)O)c2C)cc1. The Morgan fingerprint density at radius 2 is 1.87 bits per heavy atom. The van der Waals surface area contributed by atoms with E-state index in [1.807, 2.05) is 38.1 Å². The van der Waals surface area contributed by atoms with Gasteiger partial charge in [0.1, 0.15) is 5.75 Å². The lowest BCUT2D eigenvalue weighted by Crippen LogP contribution is -2.25. The molecule has 1 aromatic heterocycles.